The summed E-state index contributed by atoms with van der Waals surface area (Å²) in [6.07, 6.45) is 0. The highest BCUT2D eigenvalue weighted by molar-refractivity contribution is 8.00. The first-order valence-electron chi connectivity index (χ1n) is 9.14. The Balaban J connectivity index is 1.66. The lowest BCUT2D eigenvalue weighted by Crippen LogP contribution is -2.20. The van der Waals surface area contributed by atoms with Crippen LogP contribution in [0.25, 0.3) is 0 Å². The van der Waals surface area contributed by atoms with Gasteiger partial charge in [-0.25, -0.2) is 0 Å². The Morgan fingerprint density at radius 2 is 1.55 bits per heavy atom. The molecule has 5 nitrogen and oxygen atoms in total. The largest absolute Gasteiger partial charge is 0.454 e. The van der Waals surface area contributed by atoms with Gasteiger partial charge < -0.3 is 14.8 Å². The van der Waals surface area contributed by atoms with Crippen molar-refractivity contribution in [2.24, 2.45) is 0 Å². The van der Waals surface area contributed by atoms with Crippen molar-refractivity contribution >= 4 is 29.1 Å². The first-order valence-corrected chi connectivity index (χ1v) is 10.0. The molecule has 1 aliphatic rings. The highest BCUT2D eigenvalue weighted by Crippen LogP contribution is 2.39. The highest BCUT2D eigenvalue weighted by atomic mass is 32.2. The Hall–Kier alpha value is -3.25. The number of amides is 1. The third-order valence-corrected chi connectivity index (χ3v) is 5.75. The van der Waals surface area contributed by atoms with E-state index < -0.39 is 5.25 Å². The molecule has 0 fully saturated rings. The minimum atomic E-state index is -0.483. The minimum absolute atomic E-state index is 0.0978. The Morgan fingerprint density at radius 1 is 0.931 bits per heavy atom. The van der Waals surface area contributed by atoms with Crippen molar-refractivity contribution in [2.45, 2.75) is 17.1 Å². The second-order valence-corrected chi connectivity index (χ2v) is 7.70. The molecule has 1 aliphatic heterocycles. The van der Waals surface area contributed by atoms with Crippen LogP contribution in [-0.4, -0.2) is 18.5 Å². The van der Waals surface area contributed by atoms with E-state index in [0.29, 0.717) is 22.7 Å². The predicted octanol–water partition coefficient (Wildman–Crippen LogP) is 5.09. The molecule has 3 aromatic rings. The van der Waals surface area contributed by atoms with Crippen molar-refractivity contribution in [2.75, 3.05) is 12.1 Å². The van der Waals surface area contributed by atoms with E-state index in [0.717, 1.165) is 10.5 Å². The summed E-state index contributed by atoms with van der Waals surface area (Å²) in [4.78, 5) is 26.4. The zero-order chi connectivity index (χ0) is 20.2. The molecule has 1 heterocycles. The summed E-state index contributed by atoms with van der Waals surface area (Å²) in [6, 6.07) is 22.6. The average molecular weight is 405 g/mol. The first-order chi connectivity index (χ1) is 14.1. The van der Waals surface area contributed by atoms with Crippen molar-refractivity contribution in [1.82, 2.24) is 0 Å². The molecule has 0 unspecified atom stereocenters. The van der Waals surface area contributed by atoms with Gasteiger partial charge in [0, 0.05) is 16.5 Å². The Morgan fingerprint density at radius 3 is 2.21 bits per heavy atom. The van der Waals surface area contributed by atoms with E-state index in [1.54, 1.807) is 12.1 Å². The molecule has 1 amide bonds. The van der Waals surface area contributed by atoms with Crippen LogP contribution in [0.1, 0.15) is 28.1 Å². The van der Waals surface area contributed by atoms with E-state index in [4.69, 9.17) is 9.47 Å². The lowest BCUT2D eigenvalue weighted by Gasteiger charge is -2.18. The van der Waals surface area contributed by atoms with E-state index in [2.05, 4.69) is 5.32 Å². The molecule has 0 spiro atoms. The summed E-state index contributed by atoms with van der Waals surface area (Å²) in [5.74, 6) is 0.640. The zero-order valence-corrected chi connectivity index (χ0v) is 16.6. The second kappa shape index (κ2) is 8.41. The van der Waals surface area contributed by atoms with Gasteiger partial charge in [0.05, 0.1) is 5.69 Å². The summed E-state index contributed by atoms with van der Waals surface area (Å²) in [7, 11) is 0. The molecule has 6 heteroatoms. The number of carbonyl (C=O) groups excluding carboxylic acids is 2. The van der Waals surface area contributed by atoms with Crippen LogP contribution in [0.5, 0.6) is 11.5 Å². The van der Waals surface area contributed by atoms with E-state index in [1.165, 1.54) is 18.7 Å². The predicted molar refractivity (Wildman–Crippen MR) is 113 cm³/mol. The number of hydrogen-bond acceptors (Lipinski definition) is 5. The smallest absolute Gasteiger partial charge is 0.242 e. The fraction of sp³-hybridized carbons (Fsp3) is 0.130. The maximum Gasteiger partial charge on any atom is 0.242 e. The Bertz CT molecular complexity index is 1040. The summed E-state index contributed by atoms with van der Waals surface area (Å²) in [5, 5.41) is 2.44. The fourth-order valence-electron chi connectivity index (χ4n) is 3.07. The highest BCUT2D eigenvalue weighted by Gasteiger charge is 2.25. The van der Waals surface area contributed by atoms with Gasteiger partial charge in [0.2, 0.25) is 12.7 Å². The van der Waals surface area contributed by atoms with Crippen LogP contribution in [-0.2, 0) is 4.79 Å². The zero-order valence-electron chi connectivity index (χ0n) is 15.8. The maximum atomic E-state index is 13.3. The third kappa shape index (κ3) is 4.27. The van der Waals surface area contributed by atoms with Crippen molar-refractivity contribution < 1.29 is 19.1 Å². The minimum Gasteiger partial charge on any atom is -0.454 e. The van der Waals surface area contributed by atoms with Gasteiger partial charge in [-0.05, 0) is 30.7 Å². The van der Waals surface area contributed by atoms with E-state index in [1.807, 2.05) is 60.7 Å². The number of hydrogen-bond donors (Lipinski definition) is 1. The molecule has 3 aromatic carbocycles. The number of rotatable bonds is 6. The lowest BCUT2D eigenvalue weighted by molar-refractivity contribution is -0.115. The standard InChI is InChI=1S/C23H19NO4S/c1-15(25)18-12-20-21(28-14-27-20)13-19(18)24-23(26)22(16-8-4-2-5-9-16)29-17-10-6-3-7-11-17/h2-13,22H,14H2,1H3,(H,24,26)/t22-/m0/s1. The number of ketones is 1. The van der Waals surface area contributed by atoms with E-state index in [-0.39, 0.29) is 18.5 Å². The van der Waals surface area contributed by atoms with Crippen LogP contribution in [0.4, 0.5) is 5.69 Å². The SMILES string of the molecule is CC(=O)c1cc2c(cc1NC(=O)[C@@H](Sc1ccccc1)c1ccccc1)OCO2. The summed E-state index contributed by atoms with van der Waals surface area (Å²) in [5.41, 5.74) is 1.68. The molecule has 0 aromatic heterocycles. The molecule has 0 saturated heterocycles. The van der Waals surface area contributed by atoms with Gasteiger partial charge in [-0.15, -0.1) is 11.8 Å². The molecule has 1 N–H and O–H groups in total. The number of carbonyl (C=O) groups is 2. The quantitative estimate of drug-likeness (QED) is 0.457. The van der Waals surface area contributed by atoms with Crippen molar-refractivity contribution in [3.63, 3.8) is 0 Å². The van der Waals surface area contributed by atoms with Crippen molar-refractivity contribution in [3.8, 4) is 11.5 Å². The number of fused-ring (bicyclic) bond motifs is 1. The molecule has 0 radical (unpaired) electrons. The second-order valence-electron chi connectivity index (χ2n) is 6.52. The fourth-order valence-corrected chi connectivity index (χ4v) is 4.12. The normalized spacial score (nSPS) is 13.0. The number of anilines is 1. The molecule has 29 heavy (non-hydrogen) atoms. The molecule has 146 valence electrons. The van der Waals surface area contributed by atoms with Gasteiger partial charge in [0.25, 0.3) is 0 Å². The first kappa shape index (κ1) is 19.1. The summed E-state index contributed by atoms with van der Waals surface area (Å²) in [6.45, 7) is 1.56. The molecule has 0 aliphatic carbocycles. The average Bonchev–Trinajstić information content (AvgIpc) is 3.20. The van der Waals surface area contributed by atoms with E-state index >= 15 is 0 Å². The molecule has 1 atom stereocenters. The summed E-state index contributed by atoms with van der Waals surface area (Å²) >= 11 is 1.46. The van der Waals surface area contributed by atoms with Crippen LogP contribution in [0, 0.1) is 0 Å². The van der Waals surface area contributed by atoms with E-state index in [9.17, 15) is 9.59 Å². The van der Waals surface area contributed by atoms with Crippen LogP contribution in [0.15, 0.2) is 77.7 Å². The van der Waals surface area contributed by atoms with Crippen LogP contribution >= 0.6 is 11.8 Å². The van der Waals surface area contributed by atoms with Gasteiger partial charge in [0.1, 0.15) is 5.25 Å². The van der Waals surface area contributed by atoms with Crippen molar-refractivity contribution in [1.29, 1.82) is 0 Å². The van der Waals surface area contributed by atoms with Crippen LogP contribution in [0.2, 0.25) is 0 Å². The van der Waals surface area contributed by atoms with Crippen LogP contribution in [0.3, 0.4) is 0 Å². The molecular formula is C23H19NO4S. The monoisotopic (exact) mass is 405 g/mol. The van der Waals surface area contributed by atoms with Gasteiger partial charge >= 0.3 is 0 Å². The molecule has 0 saturated carbocycles. The lowest BCUT2D eigenvalue weighted by atomic mass is 10.1. The van der Waals surface area contributed by atoms with Gasteiger partial charge in [-0.2, -0.15) is 0 Å². The number of nitrogens with one attached hydrogen (secondary N) is 1. The number of thioether (sulfide) groups is 1. The van der Waals surface area contributed by atoms with Crippen LogP contribution < -0.4 is 14.8 Å². The number of ether oxygens (including phenoxy) is 2. The van der Waals surface area contributed by atoms with Gasteiger partial charge in [-0.3, -0.25) is 9.59 Å². The third-order valence-electron chi connectivity index (χ3n) is 4.49. The molecule has 0 bridgehead atoms. The molecular weight excluding hydrogens is 386 g/mol. The topological polar surface area (TPSA) is 64.6 Å². The number of Topliss-reactive ketones (excluding diaryl/α,β-unsaturated/α-hetero) is 1. The van der Waals surface area contributed by atoms with Gasteiger partial charge in [0.15, 0.2) is 17.3 Å². The number of benzene rings is 3. The van der Waals surface area contributed by atoms with Crippen molar-refractivity contribution in [3.05, 3.63) is 83.9 Å². The Kier molecular flexibility index (Phi) is 5.53. The maximum absolute atomic E-state index is 13.3. The molecule has 4 rings (SSSR count). The Labute approximate surface area is 173 Å². The summed E-state index contributed by atoms with van der Waals surface area (Å²) < 4.78 is 10.8. The van der Waals surface area contributed by atoms with Gasteiger partial charge in [-0.1, -0.05) is 48.5 Å².